The first kappa shape index (κ1) is 11.0. The van der Waals surface area contributed by atoms with Gasteiger partial charge in [-0.3, -0.25) is 4.98 Å². The Morgan fingerprint density at radius 2 is 2.00 bits per heavy atom. The van der Waals surface area contributed by atoms with E-state index in [9.17, 15) is 4.79 Å². The molecule has 4 heteroatoms. The smallest absolute Gasteiger partial charge is 0.321 e. The summed E-state index contributed by atoms with van der Waals surface area (Å²) in [4.78, 5) is 18.2. The maximum atomic E-state index is 12.1. The molecule has 1 aromatic heterocycles. The minimum atomic E-state index is -0.0103. The summed E-state index contributed by atoms with van der Waals surface area (Å²) >= 11 is 0. The van der Waals surface area contributed by atoms with Gasteiger partial charge in [-0.1, -0.05) is 6.07 Å². The molecule has 1 saturated heterocycles. The first-order valence-electron chi connectivity index (χ1n) is 6.24. The van der Waals surface area contributed by atoms with Crippen LogP contribution in [0.5, 0.6) is 0 Å². The van der Waals surface area contributed by atoms with Gasteiger partial charge in [-0.05, 0) is 37.1 Å². The predicted octanol–water partition coefficient (Wildman–Crippen LogP) is 2.86. The van der Waals surface area contributed by atoms with E-state index < -0.39 is 0 Å². The molecule has 1 fully saturated rings. The van der Waals surface area contributed by atoms with E-state index in [1.54, 1.807) is 6.20 Å². The molecule has 4 nitrogen and oxygen atoms in total. The van der Waals surface area contributed by atoms with E-state index in [0.717, 1.165) is 42.5 Å². The zero-order chi connectivity index (χ0) is 12.4. The van der Waals surface area contributed by atoms with Crippen LogP contribution in [-0.4, -0.2) is 29.0 Å². The topological polar surface area (TPSA) is 45.2 Å². The van der Waals surface area contributed by atoms with Gasteiger partial charge in [-0.25, -0.2) is 4.79 Å². The number of nitrogens with one attached hydrogen (secondary N) is 1. The quantitative estimate of drug-likeness (QED) is 0.834. The summed E-state index contributed by atoms with van der Waals surface area (Å²) in [5, 5.41) is 3.95. The Morgan fingerprint density at radius 3 is 2.83 bits per heavy atom. The molecular weight excluding hydrogens is 226 g/mol. The number of benzene rings is 1. The van der Waals surface area contributed by atoms with Crippen LogP contribution in [0.2, 0.25) is 0 Å². The molecule has 18 heavy (non-hydrogen) atoms. The summed E-state index contributed by atoms with van der Waals surface area (Å²) < 4.78 is 0. The third-order valence-electron chi connectivity index (χ3n) is 3.28. The first-order chi connectivity index (χ1) is 8.84. The highest BCUT2D eigenvalue weighted by Crippen LogP contribution is 2.22. The summed E-state index contributed by atoms with van der Waals surface area (Å²) in [5.74, 6) is 0. The van der Waals surface area contributed by atoms with Crippen molar-refractivity contribution in [2.24, 2.45) is 0 Å². The van der Waals surface area contributed by atoms with Gasteiger partial charge in [-0.15, -0.1) is 0 Å². The van der Waals surface area contributed by atoms with Crippen LogP contribution >= 0.6 is 0 Å². The minimum absolute atomic E-state index is 0.0103. The Labute approximate surface area is 106 Å². The van der Waals surface area contributed by atoms with Crippen LogP contribution in [0.4, 0.5) is 10.5 Å². The third-order valence-corrected chi connectivity index (χ3v) is 3.28. The molecule has 0 saturated carbocycles. The van der Waals surface area contributed by atoms with E-state index in [-0.39, 0.29) is 6.03 Å². The molecule has 92 valence electrons. The van der Waals surface area contributed by atoms with Gasteiger partial charge in [0.1, 0.15) is 0 Å². The highest BCUT2D eigenvalue weighted by molar-refractivity contribution is 6.00. The summed E-state index contributed by atoms with van der Waals surface area (Å²) in [6.45, 7) is 1.71. The number of nitrogens with zero attached hydrogens (tertiary/aromatic N) is 2. The maximum Gasteiger partial charge on any atom is 0.321 e. The molecule has 0 bridgehead atoms. The summed E-state index contributed by atoms with van der Waals surface area (Å²) in [5.41, 5.74) is 1.73. The number of aromatic nitrogens is 1. The monoisotopic (exact) mass is 241 g/mol. The number of hydrogen-bond donors (Lipinski definition) is 1. The molecule has 3 rings (SSSR count). The molecule has 2 aromatic rings. The average molecular weight is 241 g/mol. The largest absolute Gasteiger partial charge is 0.325 e. The number of carbonyl (C=O) groups excluding carboxylic acids is 1. The van der Waals surface area contributed by atoms with Gasteiger partial charge in [-0.2, -0.15) is 0 Å². The molecular formula is C14H15N3O. The number of fused-ring (bicyclic) bond motifs is 1. The van der Waals surface area contributed by atoms with Gasteiger partial charge >= 0.3 is 6.03 Å². The molecule has 2 heterocycles. The second-order valence-corrected chi connectivity index (χ2v) is 4.50. The normalized spacial score (nSPS) is 15.0. The average Bonchev–Trinajstić information content (AvgIpc) is 2.93. The molecule has 1 aliphatic heterocycles. The predicted molar refractivity (Wildman–Crippen MR) is 71.6 cm³/mol. The summed E-state index contributed by atoms with van der Waals surface area (Å²) in [6.07, 6.45) is 3.96. The Morgan fingerprint density at radius 1 is 1.17 bits per heavy atom. The minimum Gasteiger partial charge on any atom is -0.325 e. The van der Waals surface area contributed by atoms with Crippen LogP contribution in [0.15, 0.2) is 36.5 Å². The van der Waals surface area contributed by atoms with Crippen LogP contribution in [0.25, 0.3) is 10.9 Å². The second kappa shape index (κ2) is 4.64. The fourth-order valence-electron chi connectivity index (χ4n) is 2.33. The first-order valence-corrected chi connectivity index (χ1v) is 6.24. The zero-order valence-electron chi connectivity index (χ0n) is 10.1. The molecule has 0 spiro atoms. The highest BCUT2D eigenvalue weighted by Gasteiger charge is 2.18. The summed E-state index contributed by atoms with van der Waals surface area (Å²) in [7, 11) is 0. The fraction of sp³-hybridized carbons (Fsp3) is 0.286. The highest BCUT2D eigenvalue weighted by atomic mass is 16.2. The van der Waals surface area contributed by atoms with Crippen molar-refractivity contribution in [3.8, 4) is 0 Å². The lowest BCUT2D eigenvalue weighted by molar-refractivity contribution is 0.222. The number of amides is 2. The number of carbonyl (C=O) groups is 1. The molecule has 0 aliphatic carbocycles. The lowest BCUT2D eigenvalue weighted by atomic mass is 10.2. The third kappa shape index (κ3) is 2.01. The number of urea groups is 1. The second-order valence-electron chi connectivity index (χ2n) is 4.50. The molecule has 0 atom stereocenters. The van der Waals surface area contributed by atoms with E-state index >= 15 is 0 Å². The van der Waals surface area contributed by atoms with Crippen LogP contribution in [0.3, 0.4) is 0 Å². The van der Waals surface area contributed by atoms with Gasteiger partial charge in [0.25, 0.3) is 0 Å². The molecule has 2 amide bonds. The van der Waals surface area contributed by atoms with Crippen molar-refractivity contribution in [1.29, 1.82) is 0 Å². The maximum absolute atomic E-state index is 12.1. The lowest BCUT2D eigenvalue weighted by Crippen LogP contribution is -2.32. The van der Waals surface area contributed by atoms with Crippen molar-refractivity contribution in [1.82, 2.24) is 9.88 Å². The van der Waals surface area contributed by atoms with Crippen molar-refractivity contribution in [3.63, 3.8) is 0 Å². The van der Waals surface area contributed by atoms with E-state index in [1.807, 2.05) is 35.2 Å². The van der Waals surface area contributed by atoms with Gasteiger partial charge in [0.2, 0.25) is 0 Å². The van der Waals surface area contributed by atoms with Gasteiger partial charge in [0, 0.05) is 24.7 Å². The molecule has 1 aromatic carbocycles. The van der Waals surface area contributed by atoms with Crippen molar-refractivity contribution < 1.29 is 4.79 Å². The number of anilines is 1. The SMILES string of the molecule is O=C(Nc1cccc2ncccc12)N1CCCC1. The fourth-order valence-corrected chi connectivity index (χ4v) is 2.33. The Hall–Kier alpha value is -2.10. The molecule has 0 unspecified atom stereocenters. The van der Waals surface area contributed by atoms with Crippen LogP contribution in [0, 0.1) is 0 Å². The number of likely N-dealkylation sites (tertiary alicyclic amines) is 1. The Balaban J connectivity index is 1.88. The van der Waals surface area contributed by atoms with E-state index in [2.05, 4.69) is 10.3 Å². The van der Waals surface area contributed by atoms with Crippen LogP contribution in [-0.2, 0) is 0 Å². The number of rotatable bonds is 1. The van der Waals surface area contributed by atoms with Crippen molar-refractivity contribution >= 4 is 22.6 Å². The van der Waals surface area contributed by atoms with Crippen molar-refractivity contribution in [3.05, 3.63) is 36.5 Å². The van der Waals surface area contributed by atoms with E-state index in [1.165, 1.54) is 0 Å². The molecule has 1 aliphatic rings. The number of hydrogen-bond acceptors (Lipinski definition) is 2. The Bertz CT molecular complexity index is 571. The van der Waals surface area contributed by atoms with Crippen molar-refractivity contribution in [2.45, 2.75) is 12.8 Å². The van der Waals surface area contributed by atoms with Gasteiger partial charge in [0.15, 0.2) is 0 Å². The lowest BCUT2D eigenvalue weighted by Gasteiger charge is -2.17. The Kier molecular flexibility index (Phi) is 2.84. The van der Waals surface area contributed by atoms with Gasteiger partial charge < -0.3 is 10.2 Å². The van der Waals surface area contributed by atoms with Crippen LogP contribution in [0.1, 0.15) is 12.8 Å². The number of pyridine rings is 1. The van der Waals surface area contributed by atoms with Crippen LogP contribution < -0.4 is 5.32 Å². The molecule has 0 radical (unpaired) electrons. The van der Waals surface area contributed by atoms with Gasteiger partial charge in [0.05, 0.1) is 11.2 Å². The standard InChI is InChI=1S/C14H15N3O/c18-14(17-9-1-2-10-17)16-13-7-3-6-12-11(13)5-4-8-15-12/h3-8H,1-2,9-10H2,(H,16,18). The van der Waals surface area contributed by atoms with E-state index in [0.29, 0.717) is 0 Å². The molecule has 1 N–H and O–H groups in total. The summed E-state index contributed by atoms with van der Waals surface area (Å²) in [6, 6.07) is 9.62. The van der Waals surface area contributed by atoms with E-state index in [4.69, 9.17) is 0 Å². The van der Waals surface area contributed by atoms with Crippen molar-refractivity contribution in [2.75, 3.05) is 18.4 Å². The zero-order valence-corrected chi connectivity index (χ0v) is 10.1.